The Hall–Kier alpha value is -1.72. The van der Waals surface area contributed by atoms with E-state index in [4.69, 9.17) is 0 Å². The minimum Gasteiger partial charge on any atom is -0.434 e. The van der Waals surface area contributed by atoms with E-state index in [9.17, 15) is 18.0 Å². The molecule has 0 aliphatic carbocycles. The van der Waals surface area contributed by atoms with Crippen molar-refractivity contribution in [1.82, 2.24) is 15.5 Å². The number of aliphatic imine (C=N–C) groups is 1. The fourth-order valence-corrected chi connectivity index (χ4v) is 3.18. The molecule has 1 heterocycles. The summed E-state index contributed by atoms with van der Waals surface area (Å²) in [6.07, 6.45) is 1.53. The highest BCUT2D eigenvalue weighted by molar-refractivity contribution is 14.0. The van der Waals surface area contributed by atoms with Gasteiger partial charge in [-0.05, 0) is 31.9 Å². The maximum Gasteiger partial charge on any atom is 0.387 e. The van der Waals surface area contributed by atoms with Crippen LogP contribution in [0.25, 0.3) is 0 Å². The number of ether oxygens (including phenoxy) is 1. The molecule has 1 aliphatic heterocycles. The molecule has 10 heteroatoms. The lowest BCUT2D eigenvalue weighted by molar-refractivity contribution is -0.135. The highest BCUT2D eigenvalue weighted by atomic mass is 127. The van der Waals surface area contributed by atoms with E-state index in [0.29, 0.717) is 25.6 Å². The molecule has 1 amide bonds. The van der Waals surface area contributed by atoms with Gasteiger partial charge < -0.3 is 20.3 Å². The van der Waals surface area contributed by atoms with E-state index >= 15 is 0 Å². The second-order valence-corrected chi connectivity index (χ2v) is 7.19. The van der Waals surface area contributed by atoms with Gasteiger partial charge in [0, 0.05) is 31.6 Å². The van der Waals surface area contributed by atoms with Gasteiger partial charge in [0.2, 0.25) is 5.91 Å². The average Bonchev–Trinajstić information content (AvgIpc) is 2.67. The van der Waals surface area contributed by atoms with Crippen molar-refractivity contribution < 1.29 is 22.7 Å². The van der Waals surface area contributed by atoms with Gasteiger partial charge in [0.15, 0.2) is 5.96 Å². The molecular weight excluding hydrogens is 512 g/mol. The van der Waals surface area contributed by atoms with Crippen LogP contribution in [0, 0.1) is 11.7 Å². The summed E-state index contributed by atoms with van der Waals surface area (Å²) >= 11 is 0. The number of nitrogens with zero attached hydrogens (tertiary/aromatic N) is 2. The van der Waals surface area contributed by atoms with E-state index in [1.165, 1.54) is 18.2 Å². The molecule has 0 aromatic heterocycles. The summed E-state index contributed by atoms with van der Waals surface area (Å²) in [6.45, 7) is 4.40. The quantitative estimate of drug-likeness (QED) is 0.313. The van der Waals surface area contributed by atoms with Gasteiger partial charge in [-0.1, -0.05) is 19.9 Å². The smallest absolute Gasteiger partial charge is 0.387 e. The fourth-order valence-electron chi connectivity index (χ4n) is 3.18. The van der Waals surface area contributed by atoms with Crippen LogP contribution in [0.3, 0.4) is 0 Å². The average molecular weight is 542 g/mol. The van der Waals surface area contributed by atoms with E-state index in [2.05, 4.69) is 20.4 Å². The van der Waals surface area contributed by atoms with Crippen molar-refractivity contribution in [3.8, 4) is 5.75 Å². The zero-order valence-corrected chi connectivity index (χ0v) is 19.8. The number of hydrogen-bond acceptors (Lipinski definition) is 3. The third-order valence-electron chi connectivity index (χ3n) is 4.67. The van der Waals surface area contributed by atoms with E-state index in [-0.39, 0.29) is 59.7 Å². The first-order valence-corrected chi connectivity index (χ1v) is 9.87. The Bertz CT molecular complexity index is 711. The van der Waals surface area contributed by atoms with Crippen LogP contribution < -0.4 is 15.4 Å². The molecule has 0 bridgehead atoms. The van der Waals surface area contributed by atoms with Gasteiger partial charge >= 0.3 is 6.61 Å². The first-order valence-electron chi connectivity index (χ1n) is 9.87. The van der Waals surface area contributed by atoms with Crippen LogP contribution in [0.5, 0.6) is 5.75 Å². The molecular formula is C20H30F3IN4O2. The van der Waals surface area contributed by atoms with Crippen LogP contribution in [0.1, 0.15) is 39.2 Å². The van der Waals surface area contributed by atoms with Gasteiger partial charge in [0.25, 0.3) is 0 Å². The van der Waals surface area contributed by atoms with Gasteiger partial charge in [-0.15, -0.1) is 24.0 Å². The molecule has 0 radical (unpaired) electrons. The Morgan fingerprint density at radius 3 is 2.53 bits per heavy atom. The number of halogens is 4. The van der Waals surface area contributed by atoms with E-state index in [1.807, 2.05) is 25.7 Å². The number of carbonyl (C=O) groups is 1. The zero-order chi connectivity index (χ0) is 21.4. The summed E-state index contributed by atoms with van der Waals surface area (Å²) in [7, 11) is 0. The molecule has 1 saturated heterocycles. The van der Waals surface area contributed by atoms with Crippen LogP contribution in [0.4, 0.5) is 13.2 Å². The molecule has 0 saturated carbocycles. The lowest BCUT2D eigenvalue weighted by atomic mass is 10.0. The fraction of sp³-hybridized carbons (Fsp3) is 0.600. The standard InChI is InChI=1S/C20H29F3N4O2.HI/c1-4-24-20(26-14-8-10-27(11-9-14)18(28)13(2)3)25-12-15-16(21)6-5-7-17(15)29-19(22)23;/h5-7,13-14,19H,4,8-12H2,1-3H3,(H2,24,25,26);1H. The minimum atomic E-state index is -3.04. The number of alkyl halides is 2. The number of likely N-dealkylation sites (tertiary alicyclic amines) is 1. The number of nitrogens with one attached hydrogen (secondary N) is 2. The summed E-state index contributed by atoms with van der Waals surface area (Å²) in [4.78, 5) is 18.3. The molecule has 1 aliphatic rings. The number of rotatable bonds is 7. The first-order chi connectivity index (χ1) is 13.8. The zero-order valence-electron chi connectivity index (χ0n) is 17.5. The molecule has 2 N–H and O–H groups in total. The molecule has 1 aromatic rings. The summed E-state index contributed by atoms with van der Waals surface area (Å²) < 4.78 is 43.6. The summed E-state index contributed by atoms with van der Waals surface area (Å²) in [6, 6.07) is 3.91. The van der Waals surface area contributed by atoms with E-state index in [0.717, 1.165) is 12.8 Å². The monoisotopic (exact) mass is 542 g/mol. The third-order valence-corrected chi connectivity index (χ3v) is 4.67. The second kappa shape index (κ2) is 12.9. The van der Waals surface area contributed by atoms with E-state index < -0.39 is 12.4 Å². The number of piperidine rings is 1. The Kier molecular flexibility index (Phi) is 11.3. The summed E-state index contributed by atoms with van der Waals surface area (Å²) in [5.74, 6) is -0.283. The van der Waals surface area contributed by atoms with Crippen LogP contribution in [-0.4, -0.2) is 49.1 Å². The van der Waals surface area contributed by atoms with Crippen molar-refractivity contribution >= 4 is 35.8 Å². The SMILES string of the molecule is CCNC(=NCc1c(F)cccc1OC(F)F)NC1CCN(C(=O)C(C)C)CC1.I. The lowest BCUT2D eigenvalue weighted by Crippen LogP contribution is -2.50. The van der Waals surface area contributed by atoms with Crippen LogP contribution in [-0.2, 0) is 11.3 Å². The first kappa shape index (κ1) is 26.3. The van der Waals surface area contributed by atoms with Crippen LogP contribution in [0.15, 0.2) is 23.2 Å². The molecule has 0 unspecified atom stereocenters. The maximum atomic E-state index is 14.1. The second-order valence-electron chi connectivity index (χ2n) is 7.19. The molecule has 6 nitrogen and oxygen atoms in total. The van der Waals surface area contributed by atoms with E-state index in [1.54, 1.807) is 0 Å². The normalized spacial score (nSPS) is 15.2. The Morgan fingerprint density at radius 1 is 1.30 bits per heavy atom. The predicted molar refractivity (Wildman–Crippen MR) is 121 cm³/mol. The summed E-state index contributed by atoms with van der Waals surface area (Å²) in [5.41, 5.74) is -0.0256. The number of hydrogen-bond donors (Lipinski definition) is 2. The highest BCUT2D eigenvalue weighted by Gasteiger charge is 2.24. The molecule has 0 spiro atoms. The Balaban J connectivity index is 0.00000450. The predicted octanol–water partition coefficient (Wildman–Crippen LogP) is 3.75. The summed E-state index contributed by atoms with van der Waals surface area (Å²) in [5, 5.41) is 6.36. The molecule has 30 heavy (non-hydrogen) atoms. The van der Waals surface area contributed by atoms with Crippen molar-refractivity contribution in [3.63, 3.8) is 0 Å². The van der Waals surface area contributed by atoms with Gasteiger partial charge in [0.05, 0.1) is 12.1 Å². The Morgan fingerprint density at radius 2 is 1.97 bits per heavy atom. The van der Waals surface area contributed by atoms with Crippen molar-refractivity contribution in [2.75, 3.05) is 19.6 Å². The molecule has 2 rings (SSSR count). The number of benzene rings is 1. The number of carbonyl (C=O) groups excluding carboxylic acids is 1. The van der Waals surface area contributed by atoms with Crippen molar-refractivity contribution in [2.45, 2.75) is 52.8 Å². The molecule has 1 fully saturated rings. The minimum absolute atomic E-state index is 0. The Labute approximate surface area is 192 Å². The lowest BCUT2D eigenvalue weighted by Gasteiger charge is -2.34. The topological polar surface area (TPSA) is 66.0 Å². The van der Waals surface area contributed by atoms with Gasteiger partial charge in [-0.3, -0.25) is 4.79 Å². The largest absolute Gasteiger partial charge is 0.434 e. The van der Waals surface area contributed by atoms with Crippen LogP contribution >= 0.6 is 24.0 Å². The van der Waals surface area contributed by atoms with Crippen LogP contribution in [0.2, 0.25) is 0 Å². The highest BCUT2D eigenvalue weighted by Crippen LogP contribution is 2.24. The van der Waals surface area contributed by atoms with Gasteiger partial charge in [0.1, 0.15) is 11.6 Å². The van der Waals surface area contributed by atoms with Gasteiger partial charge in [-0.25, -0.2) is 9.38 Å². The van der Waals surface area contributed by atoms with Crippen molar-refractivity contribution in [3.05, 3.63) is 29.6 Å². The number of guanidine groups is 1. The third kappa shape index (κ3) is 7.84. The number of amides is 1. The van der Waals surface area contributed by atoms with Gasteiger partial charge in [-0.2, -0.15) is 8.78 Å². The molecule has 1 aromatic carbocycles. The maximum absolute atomic E-state index is 14.1. The van der Waals surface area contributed by atoms with Crippen molar-refractivity contribution in [2.24, 2.45) is 10.9 Å². The van der Waals surface area contributed by atoms with Crippen molar-refractivity contribution in [1.29, 1.82) is 0 Å². The molecule has 0 atom stereocenters. The molecule has 170 valence electrons.